The van der Waals surface area contributed by atoms with Crippen molar-refractivity contribution in [2.24, 2.45) is 0 Å². The Hall–Kier alpha value is -2.11. The van der Waals surface area contributed by atoms with Gasteiger partial charge in [0.1, 0.15) is 16.7 Å². The van der Waals surface area contributed by atoms with Gasteiger partial charge in [0.15, 0.2) is 6.10 Å². The third kappa shape index (κ3) is 2.59. The average molecular weight is 290 g/mol. The van der Waals surface area contributed by atoms with E-state index in [-0.39, 0.29) is 0 Å². The molecule has 0 spiro atoms. The van der Waals surface area contributed by atoms with Crippen LogP contribution >= 0.6 is 11.6 Å². The molecular formula is C14H12ClN3O2. The summed E-state index contributed by atoms with van der Waals surface area (Å²) in [7, 11) is 0. The summed E-state index contributed by atoms with van der Waals surface area (Å²) in [5, 5.41) is 10.7. The maximum absolute atomic E-state index is 10.3. The van der Waals surface area contributed by atoms with Crippen molar-refractivity contribution in [1.29, 1.82) is 0 Å². The first kappa shape index (κ1) is 12.9. The van der Waals surface area contributed by atoms with Crippen molar-refractivity contribution in [3.05, 3.63) is 71.4 Å². The number of aromatic nitrogens is 3. The third-order valence-corrected chi connectivity index (χ3v) is 3.17. The van der Waals surface area contributed by atoms with Crippen molar-refractivity contribution in [3.8, 4) is 0 Å². The summed E-state index contributed by atoms with van der Waals surface area (Å²) in [5.74, 6) is 0.988. The SMILES string of the molecule is OC(c1ccco1)c1nccn1Cc1ccc(Cl)nc1. The zero-order chi connectivity index (χ0) is 13.9. The van der Waals surface area contributed by atoms with E-state index in [0.29, 0.717) is 23.3 Å². The quantitative estimate of drug-likeness (QED) is 0.750. The Kier molecular flexibility index (Phi) is 3.54. The minimum absolute atomic E-state index is 0.454. The fraction of sp³-hybridized carbons (Fsp3) is 0.143. The van der Waals surface area contributed by atoms with Gasteiger partial charge in [0.25, 0.3) is 0 Å². The molecule has 0 radical (unpaired) electrons. The Balaban J connectivity index is 1.85. The first-order valence-electron chi connectivity index (χ1n) is 6.07. The first-order valence-corrected chi connectivity index (χ1v) is 6.45. The standard InChI is InChI=1S/C14H12ClN3O2/c15-12-4-3-10(8-17-12)9-18-6-5-16-14(18)13(19)11-2-1-7-20-11/h1-8,13,19H,9H2. The molecule has 5 nitrogen and oxygen atoms in total. The van der Waals surface area contributed by atoms with E-state index in [9.17, 15) is 5.11 Å². The smallest absolute Gasteiger partial charge is 0.169 e. The van der Waals surface area contributed by atoms with Crippen LogP contribution in [0.2, 0.25) is 5.15 Å². The van der Waals surface area contributed by atoms with Gasteiger partial charge in [-0.2, -0.15) is 0 Å². The molecule has 1 atom stereocenters. The maximum Gasteiger partial charge on any atom is 0.169 e. The number of furan rings is 1. The molecule has 1 unspecified atom stereocenters. The monoisotopic (exact) mass is 289 g/mol. The second-order valence-electron chi connectivity index (χ2n) is 4.32. The molecule has 20 heavy (non-hydrogen) atoms. The van der Waals surface area contributed by atoms with Gasteiger partial charge in [-0.25, -0.2) is 9.97 Å². The zero-order valence-electron chi connectivity index (χ0n) is 10.5. The Bertz CT molecular complexity index is 677. The lowest BCUT2D eigenvalue weighted by Crippen LogP contribution is -2.10. The van der Waals surface area contributed by atoms with E-state index in [4.69, 9.17) is 16.0 Å². The molecule has 0 bridgehead atoms. The Labute approximate surface area is 120 Å². The average Bonchev–Trinajstić information content (AvgIpc) is 3.12. The Morgan fingerprint density at radius 2 is 2.20 bits per heavy atom. The summed E-state index contributed by atoms with van der Waals surface area (Å²) in [6.45, 7) is 0.553. The largest absolute Gasteiger partial charge is 0.466 e. The highest BCUT2D eigenvalue weighted by Crippen LogP contribution is 2.21. The van der Waals surface area contributed by atoms with Crippen LogP contribution in [0.15, 0.2) is 53.5 Å². The van der Waals surface area contributed by atoms with Crippen LogP contribution in [0.1, 0.15) is 23.3 Å². The summed E-state index contributed by atoms with van der Waals surface area (Å²) in [6, 6.07) is 7.07. The van der Waals surface area contributed by atoms with E-state index in [2.05, 4.69) is 9.97 Å². The lowest BCUT2D eigenvalue weighted by Gasteiger charge is -2.11. The molecule has 0 fully saturated rings. The van der Waals surface area contributed by atoms with Crippen LogP contribution in [0.3, 0.4) is 0 Å². The molecule has 0 saturated carbocycles. The van der Waals surface area contributed by atoms with Crippen LogP contribution in [0, 0.1) is 0 Å². The summed E-state index contributed by atoms with van der Waals surface area (Å²) >= 11 is 5.76. The normalized spacial score (nSPS) is 12.5. The topological polar surface area (TPSA) is 64.1 Å². The number of nitrogens with zero attached hydrogens (tertiary/aromatic N) is 3. The maximum atomic E-state index is 10.3. The van der Waals surface area contributed by atoms with Gasteiger partial charge in [-0.15, -0.1) is 0 Å². The summed E-state index contributed by atoms with van der Waals surface area (Å²) in [5.41, 5.74) is 0.972. The number of aliphatic hydroxyl groups excluding tert-OH is 1. The summed E-state index contributed by atoms with van der Waals surface area (Å²) in [4.78, 5) is 8.23. The summed E-state index contributed by atoms with van der Waals surface area (Å²) < 4.78 is 7.05. The number of rotatable bonds is 4. The van der Waals surface area contributed by atoms with Gasteiger partial charge >= 0.3 is 0 Å². The van der Waals surface area contributed by atoms with Crippen LogP contribution in [0.5, 0.6) is 0 Å². The number of pyridine rings is 1. The molecule has 0 aliphatic rings. The van der Waals surface area contributed by atoms with Gasteiger partial charge in [-0.1, -0.05) is 17.7 Å². The molecule has 6 heteroatoms. The molecule has 3 aromatic heterocycles. The predicted octanol–water partition coefficient (Wildman–Crippen LogP) is 2.65. The Morgan fingerprint density at radius 3 is 2.90 bits per heavy atom. The zero-order valence-corrected chi connectivity index (χ0v) is 11.2. The molecule has 0 saturated heterocycles. The highest BCUT2D eigenvalue weighted by Gasteiger charge is 2.18. The van der Waals surface area contributed by atoms with Crippen molar-refractivity contribution in [2.75, 3.05) is 0 Å². The van der Waals surface area contributed by atoms with Crippen molar-refractivity contribution >= 4 is 11.6 Å². The van der Waals surface area contributed by atoms with Crippen LogP contribution in [-0.4, -0.2) is 19.6 Å². The molecule has 3 aromatic rings. The van der Waals surface area contributed by atoms with Gasteiger partial charge in [-0.05, 0) is 23.8 Å². The predicted molar refractivity (Wildman–Crippen MR) is 73.3 cm³/mol. The first-order chi connectivity index (χ1) is 9.74. The minimum Gasteiger partial charge on any atom is -0.466 e. The molecule has 0 amide bonds. The molecule has 0 aliphatic carbocycles. The molecule has 3 rings (SSSR count). The van der Waals surface area contributed by atoms with Crippen molar-refractivity contribution < 1.29 is 9.52 Å². The van der Waals surface area contributed by atoms with Gasteiger partial charge in [0.05, 0.1) is 12.8 Å². The van der Waals surface area contributed by atoms with Crippen LogP contribution < -0.4 is 0 Å². The number of aliphatic hydroxyl groups is 1. The van der Waals surface area contributed by atoms with Crippen LogP contribution in [-0.2, 0) is 6.54 Å². The second-order valence-corrected chi connectivity index (χ2v) is 4.71. The lowest BCUT2D eigenvalue weighted by atomic mass is 10.2. The highest BCUT2D eigenvalue weighted by atomic mass is 35.5. The second kappa shape index (κ2) is 5.48. The fourth-order valence-corrected chi connectivity index (χ4v) is 2.08. The number of imidazole rings is 1. The van der Waals surface area contributed by atoms with Gasteiger partial charge in [0, 0.05) is 18.6 Å². The number of hydrogen-bond acceptors (Lipinski definition) is 4. The third-order valence-electron chi connectivity index (χ3n) is 2.95. The molecule has 3 heterocycles. The van der Waals surface area contributed by atoms with E-state index in [1.54, 1.807) is 36.8 Å². The van der Waals surface area contributed by atoms with Crippen LogP contribution in [0.4, 0.5) is 0 Å². The minimum atomic E-state index is -0.889. The fourth-order valence-electron chi connectivity index (χ4n) is 1.97. The van der Waals surface area contributed by atoms with Crippen molar-refractivity contribution in [3.63, 3.8) is 0 Å². The van der Waals surface area contributed by atoms with Gasteiger partial charge < -0.3 is 14.1 Å². The highest BCUT2D eigenvalue weighted by molar-refractivity contribution is 6.29. The van der Waals surface area contributed by atoms with E-state index >= 15 is 0 Å². The number of hydrogen-bond donors (Lipinski definition) is 1. The van der Waals surface area contributed by atoms with Crippen molar-refractivity contribution in [2.45, 2.75) is 12.6 Å². The lowest BCUT2D eigenvalue weighted by molar-refractivity contribution is 0.176. The molecule has 102 valence electrons. The molecule has 0 aliphatic heterocycles. The van der Waals surface area contributed by atoms with Gasteiger partial charge in [0.2, 0.25) is 0 Å². The van der Waals surface area contributed by atoms with E-state index in [0.717, 1.165) is 5.56 Å². The number of halogens is 1. The summed E-state index contributed by atoms with van der Waals surface area (Å²) in [6.07, 6.45) is 5.78. The van der Waals surface area contributed by atoms with Gasteiger partial charge in [-0.3, -0.25) is 0 Å². The van der Waals surface area contributed by atoms with Crippen LogP contribution in [0.25, 0.3) is 0 Å². The molecular weight excluding hydrogens is 278 g/mol. The molecule has 1 N–H and O–H groups in total. The van der Waals surface area contributed by atoms with E-state index < -0.39 is 6.10 Å². The molecule has 0 aromatic carbocycles. The van der Waals surface area contributed by atoms with E-state index in [1.807, 2.05) is 10.6 Å². The van der Waals surface area contributed by atoms with Crippen molar-refractivity contribution in [1.82, 2.24) is 14.5 Å². The Morgan fingerprint density at radius 1 is 1.30 bits per heavy atom. The van der Waals surface area contributed by atoms with E-state index in [1.165, 1.54) is 6.26 Å².